The number of ether oxygens (including phenoxy) is 1. The van der Waals surface area contributed by atoms with Crippen LogP contribution in [0.25, 0.3) is 0 Å². The lowest BCUT2D eigenvalue weighted by atomic mass is 10.1. The number of morpholine rings is 1. The van der Waals surface area contributed by atoms with Gasteiger partial charge in [-0.05, 0) is 23.3 Å². The number of rotatable bonds is 5. The fraction of sp³-hybridized carbons (Fsp3) is 0.238. The quantitative estimate of drug-likeness (QED) is 0.714. The molecule has 0 bridgehead atoms. The number of nitrogens with one attached hydrogen (secondary N) is 1. The average Bonchev–Trinajstić information content (AvgIpc) is 2.74. The topological polar surface area (TPSA) is 50.3 Å². The standard InChI is InChI=1S/C21H21ClN4O/c22-18-9-5-4-8-17(18)14-24-21-23-11-10-20(25-21)26-12-13-27-15-19(26)16-6-2-1-3-7-16/h1-11,19H,12-15H2,(H,23,24,25). The zero-order chi connectivity index (χ0) is 18.5. The summed E-state index contributed by atoms with van der Waals surface area (Å²) in [6.07, 6.45) is 1.79. The predicted molar refractivity (Wildman–Crippen MR) is 108 cm³/mol. The molecule has 0 saturated carbocycles. The first-order chi connectivity index (χ1) is 13.3. The second kappa shape index (κ2) is 8.37. The lowest BCUT2D eigenvalue weighted by molar-refractivity contribution is 0.0937. The molecule has 1 aliphatic rings. The molecule has 2 aromatic carbocycles. The molecular formula is C21H21ClN4O. The Morgan fingerprint density at radius 3 is 2.74 bits per heavy atom. The molecule has 2 heterocycles. The van der Waals surface area contributed by atoms with Gasteiger partial charge in [0.05, 0.1) is 19.3 Å². The molecule has 6 heteroatoms. The van der Waals surface area contributed by atoms with Crippen LogP contribution in [0.2, 0.25) is 5.02 Å². The summed E-state index contributed by atoms with van der Waals surface area (Å²) in [6, 6.07) is 20.3. The molecule has 5 nitrogen and oxygen atoms in total. The van der Waals surface area contributed by atoms with Crippen LogP contribution in [-0.2, 0) is 11.3 Å². The number of hydrogen-bond acceptors (Lipinski definition) is 5. The lowest BCUT2D eigenvalue weighted by Gasteiger charge is -2.36. The average molecular weight is 381 g/mol. The number of halogens is 1. The minimum atomic E-state index is 0.145. The molecule has 0 spiro atoms. The van der Waals surface area contributed by atoms with Gasteiger partial charge in [0.25, 0.3) is 0 Å². The summed E-state index contributed by atoms with van der Waals surface area (Å²) in [5.41, 5.74) is 2.24. The van der Waals surface area contributed by atoms with Gasteiger partial charge >= 0.3 is 0 Å². The Bertz CT molecular complexity index is 890. The lowest BCUT2D eigenvalue weighted by Crippen LogP contribution is -2.40. The molecule has 1 fully saturated rings. The van der Waals surface area contributed by atoms with E-state index in [0.717, 1.165) is 22.9 Å². The molecule has 1 aliphatic heterocycles. The van der Waals surface area contributed by atoms with Crippen molar-refractivity contribution in [3.8, 4) is 0 Å². The SMILES string of the molecule is Clc1ccccc1CNc1nccc(N2CCOCC2c2ccccc2)n1. The van der Waals surface area contributed by atoms with Crippen molar-refractivity contribution >= 4 is 23.4 Å². The Kier molecular flexibility index (Phi) is 5.51. The Hall–Kier alpha value is -2.63. The van der Waals surface area contributed by atoms with Gasteiger partial charge in [-0.3, -0.25) is 0 Å². The third kappa shape index (κ3) is 4.21. The van der Waals surface area contributed by atoms with Crippen molar-refractivity contribution in [2.24, 2.45) is 0 Å². The van der Waals surface area contributed by atoms with Gasteiger partial charge in [0, 0.05) is 24.3 Å². The highest BCUT2D eigenvalue weighted by atomic mass is 35.5. The van der Waals surface area contributed by atoms with E-state index in [-0.39, 0.29) is 6.04 Å². The van der Waals surface area contributed by atoms with Gasteiger partial charge in [-0.1, -0.05) is 60.1 Å². The van der Waals surface area contributed by atoms with E-state index in [1.54, 1.807) is 6.20 Å². The normalized spacial score (nSPS) is 16.9. The van der Waals surface area contributed by atoms with Gasteiger partial charge in [-0.25, -0.2) is 4.98 Å². The van der Waals surface area contributed by atoms with Gasteiger partial charge in [0.15, 0.2) is 0 Å². The second-order valence-electron chi connectivity index (χ2n) is 6.38. The third-order valence-electron chi connectivity index (χ3n) is 4.64. The van der Waals surface area contributed by atoms with E-state index in [0.29, 0.717) is 25.7 Å². The van der Waals surface area contributed by atoms with Crippen molar-refractivity contribution in [2.45, 2.75) is 12.6 Å². The van der Waals surface area contributed by atoms with Crippen LogP contribution in [0, 0.1) is 0 Å². The van der Waals surface area contributed by atoms with Crippen molar-refractivity contribution in [3.63, 3.8) is 0 Å². The number of hydrogen-bond donors (Lipinski definition) is 1. The van der Waals surface area contributed by atoms with Crippen LogP contribution in [0.1, 0.15) is 17.2 Å². The van der Waals surface area contributed by atoms with Crippen LogP contribution >= 0.6 is 11.6 Å². The van der Waals surface area contributed by atoms with Crippen molar-refractivity contribution in [1.29, 1.82) is 0 Å². The van der Waals surface area contributed by atoms with E-state index in [4.69, 9.17) is 21.3 Å². The van der Waals surface area contributed by atoms with E-state index < -0.39 is 0 Å². The molecular weight excluding hydrogens is 360 g/mol. The minimum Gasteiger partial charge on any atom is -0.377 e. The van der Waals surface area contributed by atoms with Crippen LogP contribution in [0.5, 0.6) is 0 Å². The number of anilines is 2. The molecule has 1 saturated heterocycles. The maximum atomic E-state index is 6.23. The molecule has 138 valence electrons. The smallest absolute Gasteiger partial charge is 0.224 e. The molecule has 27 heavy (non-hydrogen) atoms. The molecule has 1 unspecified atom stereocenters. The Labute approximate surface area is 164 Å². The molecule has 0 aliphatic carbocycles. The zero-order valence-electron chi connectivity index (χ0n) is 14.9. The van der Waals surface area contributed by atoms with Crippen LogP contribution in [0.4, 0.5) is 11.8 Å². The maximum absolute atomic E-state index is 6.23. The largest absolute Gasteiger partial charge is 0.377 e. The number of benzene rings is 2. The molecule has 0 amide bonds. The summed E-state index contributed by atoms with van der Waals surface area (Å²) in [5, 5.41) is 4.01. The monoisotopic (exact) mass is 380 g/mol. The first-order valence-corrected chi connectivity index (χ1v) is 9.39. The summed E-state index contributed by atoms with van der Waals surface area (Å²) in [6.45, 7) is 2.71. The predicted octanol–water partition coefficient (Wildman–Crippen LogP) is 4.32. The maximum Gasteiger partial charge on any atom is 0.224 e. The summed E-state index contributed by atoms with van der Waals surface area (Å²) in [5.74, 6) is 1.48. The first kappa shape index (κ1) is 17.8. The highest BCUT2D eigenvalue weighted by Crippen LogP contribution is 2.29. The van der Waals surface area contributed by atoms with E-state index in [1.807, 2.05) is 36.4 Å². The molecule has 4 rings (SSSR count). The van der Waals surface area contributed by atoms with Gasteiger partial charge < -0.3 is 15.0 Å². The summed E-state index contributed by atoms with van der Waals surface area (Å²) in [4.78, 5) is 11.4. The minimum absolute atomic E-state index is 0.145. The third-order valence-corrected chi connectivity index (χ3v) is 5.01. The Morgan fingerprint density at radius 1 is 1.07 bits per heavy atom. The van der Waals surface area contributed by atoms with Gasteiger partial charge in [0.1, 0.15) is 5.82 Å². The molecule has 1 aromatic heterocycles. The number of aromatic nitrogens is 2. The highest BCUT2D eigenvalue weighted by molar-refractivity contribution is 6.31. The first-order valence-electron chi connectivity index (χ1n) is 9.01. The van der Waals surface area contributed by atoms with Crippen LogP contribution in [0.3, 0.4) is 0 Å². The molecule has 1 atom stereocenters. The summed E-state index contributed by atoms with van der Waals surface area (Å²) in [7, 11) is 0. The summed E-state index contributed by atoms with van der Waals surface area (Å²) < 4.78 is 5.72. The van der Waals surface area contributed by atoms with Crippen LogP contribution in [-0.4, -0.2) is 29.7 Å². The van der Waals surface area contributed by atoms with E-state index in [1.165, 1.54) is 5.56 Å². The molecule has 0 radical (unpaired) electrons. The van der Waals surface area contributed by atoms with Gasteiger partial charge in [-0.2, -0.15) is 4.98 Å². The van der Waals surface area contributed by atoms with Crippen LogP contribution in [0.15, 0.2) is 66.9 Å². The fourth-order valence-corrected chi connectivity index (χ4v) is 3.44. The zero-order valence-corrected chi connectivity index (χ0v) is 15.6. The molecule has 1 N–H and O–H groups in total. The van der Waals surface area contributed by atoms with Crippen molar-refractivity contribution in [1.82, 2.24) is 9.97 Å². The van der Waals surface area contributed by atoms with Gasteiger partial charge in [-0.15, -0.1) is 0 Å². The second-order valence-corrected chi connectivity index (χ2v) is 6.79. The Balaban J connectivity index is 1.53. The van der Waals surface area contributed by atoms with E-state index in [9.17, 15) is 0 Å². The Morgan fingerprint density at radius 2 is 1.89 bits per heavy atom. The van der Waals surface area contributed by atoms with Crippen LogP contribution < -0.4 is 10.2 Å². The number of nitrogens with zero attached hydrogens (tertiary/aromatic N) is 3. The fourth-order valence-electron chi connectivity index (χ4n) is 3.24. The van der Waals surface area contributed by atoms with E-state index in [2.05, 4.69) is 39.5 Å². The van der Waals surface area contributed by atoms with Crippen molar-refractivity contribution in [2.75, 3.05) is 30.0 Å². The van der Waals surface area contributed by atoms with Gasteiger partial charge in [0.2, 0.25) is 5.95 Å². The highest BCUT2D eigenvalue weighted by Gasteiger charge is 2.25. The van der Waals surface area contributed by atoms with Crippen molar-refractivity contribution < 1.29 is 4.74 Å². The van der Waals surface area contributed by atoms with E-state index >= 15 is 0 Å². The molecule has 3 aromatic rings. The summed E-state index contributed by atoms with van der Waals surface area (Å²) >= 11 is 6.23. The van der Waals surface area contributed by atoms with Crippen molar-refractivity contribution in [3.05, 3.63) is 83.0 Å².